The lowest BCUT2D eigenvalue weighted by Gasteiger charge is -2.10. The Morgan fingerprint density at radius 1 is 1.47 bits per heavy atom. The summed E-state index contributed by atoms with van der Waals surface area (Å²) in [6.07, 6.45) is 0.677. The van der Waals surface area contributed by atoms with E-state index in [1.807, 2.05) is 6.92 Å². The Morgan fingerprint density at radius 2 is 2.16 bits per heavy atom. The van der Waals surface area contributed by atoms with E-state index in [9.17, 15) is 17.1 Å². The summed E-state index contributed by atoms with van der Waals surface area (Å²) in [5.74, 6) is -0.478. The number of halogens is 1. The van der Waals surface area contributed by atoms with Gasteiger partial charge in [0, 0.05) is 32.4 Å². The van der Waals surface area contributed by atoms with E-state index < -0.39 is 21.9 Å². The molecule has 1 aliphatic heterocycles. The number of rotatable bonds is 4. The molecule has 0 aliphatic carbocycles. The van der Waals surface area contributed by atoms with Gasteiger partial charge in [-0.05, 0) is 0 Å². The molecule has 19 heavy (non-hydrogen) atoms. The number of amides is 1. The molecule has 9 heteroatoms. The number of hydrogen-bond acceptors (Lipinski definition) is 5. The molecule has 106 valence electrons. The van der Waals surface area contributed by atoms with Crippen molar-refractivity contribution in [2.75, 3.05) is 17.2 Å². The average molecular weight is 290 g/mol. The van der Waals surface area contributed by atoms with Crippen molar-refractivity contribution in [2.45, 2.75) is 19.8 Å². The second-order valence-electron chi connectivity index (χ2n) is 4.59. The standard InChI is InChI=1S/C10H15FN4O3S/c1-3-8-12-10(13-14(8)2)15-5-7(4-9(15)16)6-19(11,17)18/h7H,3-6H2,1-2H3. The van der Waals surface area contributed by atoms with Gasteiger partial charge in [-0.3, -0.25) is 14.4 Å². The summed E-state index contributed by atoms with van der Waals surface area (Å²) in [4.78, 5) is 17.3. The molecule has 1 atom stereocenters. The van der Waals surface area contributed by atoms with Gasteiger partial charge in [0.1, 0.15) is 5.82 Å². The predicted molar refractivity (Wildman–Crippen MR) is 65.7 cm³/mol. The summed E-state index contributed by atoms with van der Waals surface area (Å²) in [7, 11) is -2.85. The number of nitrogens with zero attached hydrogens (tertiary/aromatic N) is 4. The molecule has 1 aliphatic rings. The van der Waals surface area contributed by atoms with E-state index in [1.165, 1.54) is 4.90 Å². The third-order valence-corrected chi connectivity index (χ3v) is 3.91. The van der Waals surface area contributed by atoms with Gasteiger partial charge in [-0.1, -0.05) is 6.92 Å². The maximum Gasteiger partial charge on any atom is 0.302 e. The van der Waals surface area contributed by atoms with Crippen molar-refractivity contribution < 1.29 is 17.1 Å². The van der Waals surface area contributed by atoms with E-state index in [0.29, 0.717) is 6.42 Å². The van der Waals surface area contributed by atoms with Gasteiger partial charge in [0.15, 0.2) is 0 Å². The molecule has 1 saturated heterocycles. The van der Waals surface area contributed by atoms with Crippen molar-refractivity contribution in [2.24, 2.45) is 13.0 Å². The van der Waals surface area contributed by atoms with Crippen LogP contribution in [0.15, 0.2) is 0 Å². The van der Waals surface area contributed by atoms with Crippen molar-refractivity contribution in [3.8, 4) is 0 Å². The zero-order valence-corrected chi connectivity index (χ0v) is 11.5. The molecule has 0 aromatic carbocycles. The average Bonchev–Trinajstić information content (AvgIpc) is 2.79. The summed E-state index contributed by atoms with van der Waals surface area (Å²) in [6.45, 7) is 2.05. The van der Waals surface area contributed by atoms with Crippen LogP contribution in [0.1, 0.15) is 19.2 Å². The van der Waals surface area contributed by atoms with Crippen LogP contribution in [-0.2, 0) is 28.5 Å². The van der Waals surface area contributed by atoms with Gasteiger partial charge in [0.2, 0.25) is 5.91 Å². The van der Waals surface area contributed by atoms with Gasteiger partial charge in [0.05, 0.1) is 5.75 Å². The van der Waals surface area contributed by atoms with Gasteiger partial charge < -0.3 is 0 Å². The topological polar surface area (TPSA) is 85.2 Å². The molecule has 1 aromatic heterocycles. The molecule has 1 fully saturated rings. The third kappa shape index (κ3) is 3.09. The van der Waals surface area contributed by atoms with Crippen molar-refractivity contribution in [3.63, 3.8) is 0 Å². The summed E-state index contributed by atoms with van der Waals surface area (Å²) >= 11 is 0. The Bertz CT molecular complexity index is 598. The number of anilines is 1. The Hall–Kier alpha value is -1.51. The van der Waals surface area contributed by atoms with Crippen LogP contribution in [0.3, 0.4) is 0 Å². The second kappa shape index (κ2) is 4.87. The van der Waals surface area contributed by atoms with Gasteiger partial charge in [-0.2, -0.15) is 13.4 Å². The molecule has 7 nitrogen and oxygen atoms in total. The van der Waals surface area contributed by atoms with E-state index in [4.69, 9.17) is 0 Å². The van der Waals surface area contributed by atoms with Crippen molar-refractivity contribution in [1.82, 2.24) is 14.8 Å². The van der Waals surface area contributed by atoms with Crippen molar-refractivity contribution in [3.05, 3.63) is 5.82 Å². The monoisotopic (exact) mass is 290 g/mol. The quantitative estimate of drug-likeness (QED) is 0.730. The number of aryl methyl sites for hydroxylation is 2. The van der Waals surface area contributed by atoms with Gasteiger partial charge in [0.25, 0.3) is 5.95 Å². The summed E-state index contributed by atoms with van der Waals surface area (Å²) in [5.41, 5.74) is 0. The minimum atomic E-state index is -4.57. The number of carbonyl (C=O) groups is 1. The molecule has 0 bridgehead atoms. The van der Waals surface area contributed by atoms with Crippen LogP contribution in [0.4, 0.5) is 9.83 Å². The highest BCUT2D eigenvalue weighted by molar-refractivity contribution is 7.86. The van der Waals surface area contributed by atoms with Gasteiger partial charge in [-0.15, -0.1) is 8.98 Å². The smallest absolute Gasteiger partial charge is 0.279 e. The Kier molecular flexibility index (Phi) is 3.57. The molecule has 0 spiro atoms. The minimum absolute atomic E-state index is 0.00284. The predicted octanol–water partition coefficient (Wildman–Crippen LogP) is 0.0297. The fourth-order valence-electron chi connectivity index (χ4n) is 2.19. The lowest BCUT2D eigenvalue weighted by Crippen LogP contribution is -2.26. The fraction of sp³-hybridized carbons (Fsp3) is 0.700. The highest BCUT2D eigenvalue weighted by Gasteiger charge is 2.35. The van der Waals surface area contributed by atoms with E-state index in [2.05, 4.69) is 10.1 Å². The first-order chi connectivity index (χ1) is 8.80. The lowest BCUT2D eigenvalue weighted by atomic mass is 10.1. The molecular weight excluding hydrogens is 275 g/mol. The number of aromatic nitrogens is 3. The molecule has 2 heterocycles. The minimum Gasteiger partial charge on any atom is -0.279 e. The van der Waals surface area contributed by atoms with E-state index in [0.717, 1.165) is 5.82 Å². The molecule has 1 aromatic rings. The van der Waals surface area contributed by atoms with Gasteiger partial charge >= 0.3 is 10.2 Å². The Balaban J connectivity index is 2.15. The largest absolute Gasteiger partial charge is 0.302 e. The van der Waals surface area contributed by atoms with Crippen LogP contribution in [0.25, 0.3) is 0 Å². The summed E-state index contributed by atoms with van der Waals surface area (Å²) in [6, 6.07) is 0. The van der Waals surface area contributed by atoms with Gasteiger partial charge in [-0.25, -0.2) is 0 Å². The summed E-state index contributed by atoms with van der Waals surface area (Å²) < 4.78 is 35.4. The lowest BCUT2D eigenvalue weighted by molar-refractivity contribution is -0.117. The van der Waals surface area contributed by atoms with E-state index >= 15 is 0 Å². The van der Waals surface area contributed by atoms with Crippen molar-refractivity contribution >= 4 is 22.1 Å². The molecule has 1 unspecified atom stereocenters. The van der Waals surface area contributed by atoms with Crippen LogP contribution in [0.5, 0.6) is 0 Å². The first-order valence-electron chi connectivity index (χ1n) is 5.92. The zero-order chi connectivity index (χ0) is 14.2. The van der Waals surface area contributed by atoms with Crippen LogP contribution in [0, 0.1) is 5.92 Å². The SMILES string of the molecule is CCc1nc(N2CC(CS(=O)(=O)F)CC2=O)nn1C. The van der Waals surface area contributed by atoms with Crippen LogP contribution >= 0.6 is 0 Å². The van der Waals surface area contributed by atoms with Crippen LogP contribution in [0.2, 0.25) is 0 Å². The Morgan fingerprint density at radius 3 is 2.68 bits per heavy atom. The first-order valence-corrected chi connectivity index (χ1v) is 7.48. The van der Waals surface area contributed by atoms with Crippen molar-refractivity contribution in [1.29, 1.82) is 0 Å². The number of hydrogen-bond donors (Lipinski definition) is 0. The second-order valence-corrected chi connectivity index (χ2v) is 6.00. The maximum atomic E-state index is 12.6. The molecule has 2 rings (SSSR count). The highest BCUT2D eigenvalue weighted by Crippen LogP contribution is 2.24. The highest BCUT2D eigenvalue weighted by atomic mass is 32.3. The van der Waals surface area contributed by atoms with Crippen LogP contribution in [-0.4, -0.2) is 41.4 Å². The fourth-order valence-corrected chi connectivity index (χ4v) is 2.98. The van der Waals surface area contributed by atoms with E-state index in [1.54, 1.807) is 11.7 Å². The maximum absolute atomic E-state index is 12.6. The molecule has 1 amide bonds. The molecule has 0 N–H and O–H groups in total. The summed E-state index contributed by atoms with van der Waals surface area (Å²) in [5, 5.41) is 4.11. The van der Waals surface area contributed by atoms with E-state index in [-0.39, 0.29) is 24.8 Å². The Labute approximate surface area is 110 Å². The molecule has 0 saturated carbocycles. The first kappa shape index (κ1) is 13.9. The number of carbonyl (C=O) groups excluding carboxylic acids is 1. The molecule has 0 radical (unpaired) electrons. The zero-order valence-electron chi connectivity index (χ0n) is 10.7. The molecular formula is C10H15FN4O3S. The normalized spacial score (nSPS) is 20.3. The van der Waals surface area contributed by atoms with Crippen LogP contribution < -0.4 is 4.90 Å². The third-order valence-electron chi connectivity index (χ3n) is 3.04.